The van der Waals surface area contributed by atoms with Crippen LogP contribution in [0.15, 0.2) is 24.3 Å². The molecule has 1 aliphatic heterocycles. The van der Waals surface area contributed by atoms with Crippen LogP contribution in [-0.4, -0.2) is 29.7 Å². The first-order valence-corrected chi connectivity index (χ1v) is 6.06. The van der Waals surface area contributed by atoms with Crippen LogP contribution < -0.4 is 10.2 Å². The summed E-state index contributed by atoms with van der Waals surface area (Å²) in [6.07, 6.45) is 0. The average Bonchev–Trinajstić information content (AvgIpc) is 2.34. The Morgan fingerprint density at radius 1 is 1.26 bits per heavy atom. The summed E-state index contributed by atoms with van der Waals surface area (Å²) in [6.45, 7) is 4.98. The topological polar surface area (TPSA) is 66.5 Å². The Kier molecular flexibility index (Phi) is 3.14. The Morgan fingerprint density at radius 3 is 2.53 bits per heavy atom. The molecule has 0 atom stereocenters. The third-order valence-electron chi connectivity index (χ3n) is 3.36. The van der Waals surface area contributed by atoms with Gasteiger partial charge in [0.1, 0.15) is 5.54 Å². The number of piperazine rings is 1. The minimum Gasteiger partial charge on any atom is -0.347 e. The van der Waals surface area contributed by atoms with Crippen molar-refractivity contribution < 1.29 is 14.4 Å². The van der Waals surface area contributed by atoms with E-state index >= 15 is 0 Å². The molecule has 2 rings (SSSR count). The van der Waals surface area contributed by atoms with Gasteiger partial charge in [0.05, 0.1) is 6.54 Å². The lowest BCUT2D eigenvalue weighted by Gasteiger charge is -2.42. The highest BCUT2D eigenvalue weighted by Crippen LogP contribution is 2.29. The molecular weight excluding hydrogens is 244 g/mol. The molecule has 1 aromatic carbocycles. The Bertz CT molecular complexity index is 564. The number of hydrogen-bond acceptors (Lipinski definition) is 4. The quantitative estimate of drug-likeness (QED) is 0.639. The second-order valence-electron chi connectivity index (χ2n) is 5.10. The minimum absolute atomic E-state index is 0.0586. The zero-order chi connectivity index (χ0) is 14.2. The molecular formula is C14H16N2O3. The first-order valence-electron chi connectivity index (χ1n) is 6.06. The maximum absolute atomic E-state index is 11.9. The zero-order valence-corrected chi connectivity index (χ0v) is 11.2. The molecule has 0 spiro atoms. The van der Waals surface area contributed by atoms with Crippen LogP contribution in [0.4, 0.5) is 5.69 Å². The number of ketones is 1. The molecule has 1 heterocycles. The summed E-state index contributed by atoms with van der Waals surface area (Å²) in [5, 5.41) is 2.31. The van der Waals surface area contributed by atoms with E-state index in [0.29, 0.717) is 11.3 Å². The Labute approximate surface area is 111 Å². The molecule has 0 aliphatic carbocycles. The van der Waals surface area contributed by atoms with Gasteiger partial charge in [-0.2, -0.15) is 0 Å². The molecule has 1 aliphatic rings. The van der Waals surface area contributed by atoms with Crippen LogP contribution in [0.2, 0.25) is 0 Å². The fraction of sp³-hybridized carbons (Fsp3) is 0.357. The monoisotopic (exact) mass is 260 g/mol. The standard InChI is InChI=1S/C14H16N2O3/c1-9(17)10-6-4-5-7-11(10)16-8-12(18)15-13(19)14(16,2)3/h4-7H,8H2,1-3H3,(H,15,18,19). The molecule has 0 unspecified atom stereocenters. The number of carbonyl (C=O) groups is 3. The van der Waals surface area contributed by atoms with Crippen LogP contribution >= 0.6 is 0 Å². The van der Waals surface area contributed by atoms with Crippen LogP contribution in [0.3, 0.4) is 0 Å². The number of amides is 2. The van der Waals surface area contributed by atoms with E-state index in [0.717, 1.165) is 0 Å². The van der Waals surface area contributed by atoms with Crippen molar-refractivity contribution in [3.63, 3.8) is 0 Å². The molecule has 0 radical (unpaired) electrons. The number of nitrogens with one attached hydrogen (secondary N) is 1. The Balaban J connectivity index is 2.53. The third kappa shape index (κ3) is 2.23. The second kappa shape index (κ2) is 4.50. The Morgan fingerprint density at radius 2 is 1.89 bits per heavy atom. The van der Waals surface area contributed by atoms with Gasteiger partial charge in [-0.3, -0.25) is 19.7 Å². The lowest BCUT2D eigenvalue weighted by atomic mass is 9.95. The number of anilines is 1. The van der Waals surface area contributed by atoms with E-state index < -0.39 is 5.54 Å². The number of benzene rings is 1. The molecule has 1 aromatic rings. The molecule has 1 fully saturated rings. The maximum Gasteiger partial charge on any atom is 0.251 e. The number of para-hydroxylation sites is 1. The highest BCUT2D eigenvalue weighted by molar-refractivity contribution is 6.08. The van der Waals surface area contributed by atoms with Crippen molar-refractivity contribution in [2.45, 2.75) is 26.3 Å². The molecule has 0 saturated carbocycles. The fourth-order valence-electron chi connectivity index (χ4n) is 2.18. The van der Waals surface area contributed by atoms with E-state index in [-0.39, 0.29) is 24.1 Å². The smallest absolute Gasteiger partial charge is 0.251 e. The van der Waals surface area contributed by atoms with Crippen molar-refractivity contribution in [2.24, 2.45) is 0 Å². The van der Waals surface area contributed by atoms with Crippen molar-refractivity contribution in [3.8, 4) is 0 Å². The average molecular weight is 260 g/mol. The van der Waals surface area contributed by atoms with Crippen molar-refractivity contribution in [2.75, 3.05) is 11.4 Å². The number of Topliss-reactive ketones (excluding diaryl/α,β-unsaturated/α-hetero) is 1. The molecule has 5 heteroatoms. The van der Waals surface area contributed by atoms with Crippen molar-refractivity contribution in [1.82, 2.24) is 5.32 Å². The molecule has 2 amide bonds. The van der Waals surface area contributed by atoms with Gasteiger partial charge in [-0.05, 0) is 32.9 Å². The highest BCUT2D eigenvalue weighted by Gasteiger charge is 2.41. The summed E-state index contributed by atoms with van der Waals surface area (Å²) in [5.41, 5.74) is 0.251. The summed E-state index contributed by atoms with van der Waals surface area (Å²) >= 11 is 0. The maximum atomic E-state index is 11.9. The number of nitrogens with zero attached hydrogens (tertiary/aromatic N) is 1. The summed E-state index contributed by atoms with van der Waals surface area (Å²) < 4.78 is 0. The van der Waals surface area contributed by atoms with Crippen LogP contribution in [0.5, 0.6) is 0 Å². The number of rotatable bonds is 2. The van der Waals surface area contributed by atoms with E-state index in [1.165, 1.54) is 6.92 Å². The van der Waals surface area contributed by atoms with Crippen molar-refractivity contribution >= 4 is 23.3 Å². The van der Waals surface area contributed by atoms with E-state index in [9.17, 15) is 14.4 Å². The largest absolute Gasteiger partial charge is 0.347 e. The fourth-order valence-corrected chi connectivity index (χ4v) is 2.18. The number of hydrogen-bond donors (Lipinski definition) is 1. The SMILES string of the molecule is CC(=O)c1ccccc1N1CC(=O)NC(=O)C1(C)C. The lowest BCUT2D eigenvalue weighted by Crippen LogP contribution is -2.64. The highest BCUT2D eigenvalue weighted by atomic mass is 16.2. The van der Waals surface area contributed by atoms with Gasteiger partial charge >= 0.3 is 0 Å². The molecule has 5 nitrogen and oxygen atoms in total. The predicted octanol–water partition coefficient (Wildman–Crippen LogP) is 1.13. The van der Waals surface area contributed by atoms with E-state index in [2.05, 4.69) is 5.32 Å². The lowest BCUT2D eigenvalue weighted by molar-refractivity contribution is -0.135. The van der Waals surface area contributed by atoms with E-state index in [4.69, 9.17) is 0 Å². The van der Waals surface area contributed by atoms with Gasteiger partial charge in [-0.25, -0.2) is 0 Å². The van der Waals surface area contributed by atoms with Crippen LogP contribution in [0, 0.1) is 0 Å². The predicted molar refractivity (Wildman–Crippen MR) is 71.0 cm³/mol. The molecule has 1 N–H and O–H groups in total. The summed E-state index contributed by atoms with van der Waals surface area (Å²) in [6, 6.07) is 7.00. The minimum atomic E-state index is -0.876. The van der Waals surface area contributed by atoms with Crippen LogP contribution in [0.1, 0.15) is 31.1 Å². The summed E-state index contributed by atoms with van der Waals surface area (Å²) in [5.74, 6) is -0.811. The van der Waals surface area contributed by atoms with Gasteiger partial charge in [0, 0.05) is 11.3 Å². The molecule has 19 heavy (non-hydrogen) atoms. The van der Waals surface area contributed by atoms with Gasteiger partial charge < -0.3 is 4.90 Å². The number of carbonyl (C=O) groups excluding carboxylic acids is 3. The van der Waals surface area contributed by atoms with Gasteiger partial charge in [0.25, 0.3) is 5.91 Å². The van der Waals surface area contributed by atoms with Crippen LogP contribution in [0.25, 0.3) is 0 Å². The third-order valence-corrected chi connectivity index (χ3v) is 3.36. The van der Waals surface area contributed by atoms with Gasteiger partial charge in [-0.15, -0.1) is 0 Å². The van der Waals surface area contributed by atoms with E-state index in [1.807, 2.05) is 0 Å². The first-order chi connectivity index (χ1) is 8.84. The second-order valence-corrected chi connectivity index (χ2v) is 5.10. The van der Waals surface area contributed by atoms with E-state index in [1.54, 1.807) is 43.0 Å². The normalized spacial score (nSPS) is 18.2. The first kappa shape index (κ1) is 13.3. The van der Waals surface area contributed by atoms with Crippen molar-refractivity contribution in [3.05, 3.63) is 29.8 Å². The molecule has 100 valence electrons. The molecule has 0 aromatic heterocycles. The molecule has 1 saturated heterocycles. The van der Waals surface area contributed by atoms with Gasteiger partial charge in [0.15, 0.2) is 5.78 Å². The van der Waals surface area contributed by atoms with Gasteiger partial charge in [-0.1, -0.05) is 12.1 Å². The van der Waals surface area contributed by atoms with Crippen molar-refractivity contribution in [1.29, 1.82) is 0 Å². The summed E-state index contributed by atoms with van der Waals surface area (Å²) in [7, 11) is 0. The number of imide groups is 1. The molecule has 0 bridgehead atoms. The van der Waals surface area contributed by atoms with Crippen LogP contribution in [-0.2, 0) is 9.59 Å². The van der Waals surface area contributed by atoms with Gasteiger partial charge in [0.2, 0.25) is 5.91 Å². The summed E-state index contributed by atoms with van der Waals surface area (Å²) in [4.78, 5) is 36.8. The zero-order valence-electron chi connectivity index (χ0n) is 11.2. The Hall–Kier alpha value is -2.17.